The van der Waals surface area contributed by atoms with Crippen molar-refractivity contribution in [2.24, 2.45) is 0 Å². The normalized spacial score (nSPS) is 11.0. The van der Waals surface area contributed by atoms with Crippen LogP contribution in [0.2, 0.25) is 0 Å². The fourth-order valence-corrected chi connectivity index (χ4v) is 2.58. The Morgan fingerprint density at radius 1 is 1.35 bits per heavy atom. The fourth-order valence-electron chi connectivity index (χ4n) is 2.22. The van der Waals surface area contributed by atoms with Gasteiger partial charge in [0.25, 0.3) is 0 Å². The molecular formula is C16H21BrN3O3+. The van der Waals surface area contributed by atoms with E-state index in [2.05, 4.69) is 26.2 Å². The molecule has 2 aromatic rings. The number of halogens is 1. The number of carbonyl (C=O) groups is 2. The van der Waals surface area contributed by atoms with E-state index in [-0.39, 0.29) is 18.2 Å². The van der Waals surface area contributed by atoms with Crippen LogP contribution in [0.5, 0.6) is 0 Å². The van der Waals surface area contributed by atoms with E-state index in [1.807, 2.05) is 32.3 Å². The lowest BCUT2D eigenvalue weighted by Crippen LogP contribution is -3.05. The summed E-state index contributed by atoms with van der Waals surface area (Å²) in [6, 6.07) is 5.58. The van der Waals surface area contributed by atoms with Crippen LogP contribution < -0.4 is 10.2 Å². The number of esters is 1. The van der Waals surface area contributed by atoms with Crippen molar-refractivity contribution in [3.8, 4) is 0 Å². The summed E-state index contributed by atoms with van der Waals surface area (Å²) in [7, 11) is 3.97. The molecule has 0 saturated carbocycles. The van der Waals surface area contributed by atoms with Gasteiger partial charge in [-0.25, -0.2) is 4.79 Å². The molecule has 1 amide bonds. The smallest absolute Gasteiger partial charge is 0.356 e. The van der Waals surface area contributed by atoms with Crippen LogP contribution in [-0.2, 0) is 9.53 Å². The molecule has 0 aliphatic carbocycles. The van der Waals surface area contributed by atoms with Crippen LogP contribution in [0, 0.1) is 0 Å². The minimum atomic E-state index is -0.478. The first-order valence-electron chi connectivity index (χ1n) is 7.49. The van der Waals surface area contributed by atoms with E-state index >= 15 is 0 Å². The van der Waals surface area contributed by atoms with E-state index < -0.39 is 5.97 Å². The quantitative estimate of drug-likeness (QED) is 0.663. The van der Waals surface area contributed by atoms with Gasteiger partial charge < -0.3 is 19.9 Å². The highest BCUT2D eigenvalue weighted by Gasteiger charge is 2.21. The number of aromatic nitrogens is 1. The lowest BCUT2D eigenvalue weighted by Gasteiger charge is -2.09. The average Bonchev–Trinajstić information content (AvgIpc) is 2.83. The second-order valence-corrected chi connectivity index (χ2v) is 6.46. The van der Waals surface area contributed by atoms with Crippen LogP contribution in [0.1, 0.15) is 23.8 Å². The number of nitrogens with one attached hydrogen (secondary N) is 3. The molecule has 7 heteroatoms. The van der Waals surface area contributed by atoms with Crippen molar-refractivity contribution in [1.29, 1.82) is 0 Å². The van der Waals surface area contributed by atoms with Gasteiger partial charge in [-0.05, 0) is 25.1 Å². The number of benzene rings is 1. The maximum atomic E-state index is 12.2. The molecule has 3 N–H and O–H groups in total. The number of hydrogen-bond acceptors (Lipinski definition) is 3. The number of amides is 1. The summed E-state index contributed by atoms with van der Waals surface area (Å²) in [5, 5.41) is 3.62. The Labute approximate surface area is 143 Å². The van der Waals surface area contributed by atoms with Crippen LogP contribution in [0.25, 0.3) is 10.9 Å². The Bertz CT molecular complexity index is 725. The highest BCUT2D eigenvalue weighted by atomic mass is 79.9. The molecule has 23 heavy (non-hydrogen) atoms. The van der Waals surface area contributed by atoms with Gasteiger partial charge in [-0.15, -0.1) is 0 Å². The number of anilines is 1. The first-order chi connectivity index (χ1) is 10.9. The molecule has 0 spiro atoms. The molecule has 1 aromatic carbocycles. The highest BCUT2D eigenvalue weighted by Crippen LogP contribution is 2.30. The molecule has 2 rings (SSSR count). The Morgan fingerprint density at radius 3 is 2.74 bits per heavy atom. The molecular weight excluding hydrogens is 362 g/mol. The predicted octanol–water partition coefficient (Wildman–Crippen LogP) is 1.58. The van der Waals surface area contributed by atoms with Gasteiger partial charge in [0.05, 0.1) is 39.4 Å². The van der Waals surface area contributed by atoms with E-state index in [1.54, 1.807) is 6.92 Å². The summed E-state index contributed by atoms with van der Waals surface area (Å²) in [4.78, 5) is 28.5. The SMILES string of the molecule is CCOC(=O)c1[nH]c2ccc(Br)cc2c1NC(=O)CC[NH+](C)C. The third-order valence-corrected chi connectivity index (χ3v) is 3.85. The molecule has 0 aliphatic rings. The predicted molar refractivity (Wildman–Crippen MR) is 92.9 cm³/mol. The van der Waals surface area contributed by atoms with Gasteiger partial charge in [-0.3, -0.25) is 4.79 Å². The van der Waals surface area contributed by atoms with Gasteiger partial charge in [-0.1, -0.05) is 15.9 Å². The van der Waals surface area contributed by atoms with Crippen molar-refractivity contribution in [3.63, 3.8) is 0 Å². The summed E-state index contributed by atoms with van der Waals surface area (Å²) in [5.41, 5.74) is 1.51. The zero-order chi connectivity index (χ0) is 17.0. The summed E-state index contributed by atoms with van der Waals surface area (Å²) >= 11 is 3.41. The second-order valence-electron chi connectivity index (χ2n) is 5.54. The van der Waals surface area contributed by atoms with E-state index in [9.17, 15) is 9.59 Å². The van der Waals surface area contributed by atoms with Crippen LogP contribution in [0.15, 0.2) is 22.7 Å². The number of ether oxygens (including phenoxy) is 1. The largest absolute Gasteiger partial charge is 0.461 e. The van der Waals surface area contributed by atoms with Gasteiger partial charge in [-0.2, -0.15) is 0 Å². The summed E-state index contributed by atoms with van der Waals surface area (Å²) in [5.74, 6) is -0.606. The van der Waals surface area contributed by atoms with Crippen molar-refractivity contribution < 1.29 is 19.2 Å². The van der Waals surface area contributed by atoms with Crippen molar-refractivity contribution in [2.45, 2.75) is 13.3 Å². The monoisotopic (exact) mass is 382 g/mol. The second kappa shape index (κ2) is 7.61. The summed E-state index contributed by atoms with van der Waals surface area (Å²) in [6.45, 7) is 2.73. The maximum absolute atomic E-state index is 12.2. The van der Waals surface area contributed by atoms with Crippen molar-refractivity contribution in [1.82, 2.24) is 4.98 Å². The van der Waals surface area contributed by atoms with Gasteiger partial charge >= 0.3 is 5.97 Å². The lowest BCUT2D eigenvalue weighted by molar-refractivity contribution is -0.857. The minimum absolute atomic E-state index is 0.127. The number of rotatable bonds is 6. The summed E-state index contributed by atoms with van der Waals surface area (Å²) in [6.07, 6.45) is 0.380. The molecule has 1 aromatic heterocycles. The Balaban J connectivity index is 2.37. The van der Waals surface area contributed by atoms with Gasteiger partial charge in [0, 0.05) is 15.4 Å². The molecule has 0 radical (unpaired) electrons. The number of H-pyrrole nitrogens is 1. The first-order valence-corrected chi connectivity index (χ1v) is 8.29. The van der Waals surface area contributed by atoms with Crippen LogP contribution in [-0.4, -0.2) is 44.1 Å². The zero-order valence-corrected chi connectivity index (χ0v) is 15.0. The van der Waals surface area contributed by atoms with Crippen molar-refractivity contribution in [2.75, 3.05) is 32.6 Å². The van der Waals surface area contributed by atoms with Gasteiger partial charge in [0.15, 0.2) is 0 Å². The third-order valence-electron chi connectivity index (χ3n) is 3.36. The van der Waals surface area contributed by atoms with Crippen LogP contribution in [0.3, 0.4) is 0 Å². The average molecular weight is 383 g/mol. The number of aromatic amines is 1. The van der Waals surface area contributed by atoms with Gasteiger partial charge in [0.1, 0.15) is 5.69 Å². The minimum Gasteiger partial charge on any atom is -0.461 e. The number of quaternary nitrogens is 1. The van der Waals surface area contributed by atoms with Crippen LogP contribution in [0.4, 0.5) is 5.69 Å². The Kier molecular flexibility index (Phi) is 5.79. The molecule has 0 bridgehead atoms. The van der Waals surface area contributed by atoms with E-state index in [0.717, 1.165) is 15.4 Å². The van der Waals surface area contributed by atoms with E-state index in [0.29, 0.717) is 18.7 Å². The fraction of sp³-hybridized carbons (Fsp3) is 0.375. The first kappa shape index (κ1) is 17.5. The summed E-state index contributed by atoms with van der Waals surface area (Å²) < 4.78 is 5.94. The maximum Gasteiger partial charge on any atom is 0.356 e. The number of hydrogen-bond donors (Lipinski definition) is 3. The highest BCUT2D eigenvalue weighted by molar-refractivity contribution is 9.10. The topological polar surface area (TPSA) is 75.6 Å². The number of fused-ring (bicyclic) bond motifs is 1. The lowest BCUT2D eigenvalue weighted by atomic mass is 10.2. The molecule has 1 heterocycles. The molecule has 124 valence electrons. The van der Waals surface area contributed by atoms with Crippen molar-refractivity contribution >= 4 is 44.4 Å². The molecule has 0 saturated heterocycles. The zero-order valence-electron chi connectivity index (χ0n) is 13.5. The molecule has 0 unspecified atom stereocenters. The van der Waals surface area contributed by atoms with Gasteiger partial charge in [0.2, 0.25) is 5.91 Å². The van der Waals surface area contributed by atoms with Crippen LogP contribution >= 0.6 is 15.9 Å². The number of carbonyl (C=O) groups excluding carboxylic acids is 2. The standard InChI is InChI=1S/C16H20BrN3O3/c1-4-23-16(22)15-14(19-13(21)7-8-20(2)3)11-9-10(17)5-6-12(11)18-15/h5-6,9,18H,4,7-8H2,1-3H3,(H,19,21)/p+1. The Hall–Kier alpha value is -1.86. The third kappa shape index (κ3) is 4.33. The molecule has 6 nitrogen and oxygen atoms in total. The molecule has 0 aliphatic heterocycles. The Morgan fingerprint density at radius 2 is 2.09 bits per heavy atom. The van der Waals surface area contributed by atoms with Crippen molar-refractivity contribution in [3.05, 3.63) is 28.4 Å². The molecule has 0 fully saturated rings. The molecule has 0 atom stereocenters. The van der Waals surface area contributed by atoms with E-state index in [1.165, 1.54) is 4.90 Å². The van der Waals surface area contributed by atoms with E-state index in [4.69, 9.17) is 4.74 Å².